The summed E-state index contributed by atoms with van der Waals surface area (Å²) in [7, 11) is 0. The number of hydrogen-bond donors (Lipinski definition) is 0. The van der Waals surface area contributed by atoms with Gasteiger partial charge < -0.3 is 0 Å². The van der Waals surface area contributed by atoms with E-state index in [1.54, 1.807) is 35.6 Å². The minimum absolute atomic E-state index is 0.230. The average molecular weight is 477 g/mol. The van der Waals surface area contributed by atoms with Gasteiger partial charge in [0.2, 0.25) is 0 Å². The Morgan fingerprint density at radius 2 is 1.64 bits per heavy atom. The van der Waals surface area contributed by atoms with Crippen molar-refractivity contribution in [2.45, 2.75) is 38.5 Å². The largest absolute Gasteiger partial charge is 0.207 e. The van der Waals surface area contributed by atoms with Crippen molar-refractivity contribution in [3.8, 4) is 0 Å². The van der Waals surface area contributed by atoms with Crippen LogP contribution < -0.4 is 0 Å². The molecule has 1 aromatic heterocycles. The Labute approximate surface area is 203 Å². The van der Waals surface area contributed by atoms with Gasteiger partial charge >= 0.3 is 0 Å². The van der Waals surface area contributed by atoms with Gasteiger partial charge in [-0.05, 0) is 107 Å². The SMILES string of the molecule is C=C(CC)c1ccc2c(Cc3ccc(SF)cc3)c(C(=C)c3c(C)cc(F)cc3C)sc2c1. The number of thiophene rings is 1. The van der Waals surface area contributed by atoms with Crippen LogP contribution in [0.5, 0.6) is 0 Å². The Hall–Kier alpha value is -2.69. The van der Waals surface area contributed by atoms with Crippen LogP contribution in [0.3, 0.4) is 0 Å². The van der Waals surface area contributed by atoms with Crippen LogP contribution in [0.15, 0.2) is 72.7 Å². The Balaban J connectivity index is 1.88. The number of halogens is 2. The highest BCUT2D eigenvalue weighted by molar-refractivity contribution is 7.94. The molecule has 0 nitrogen and oxygen atoms in total. The van der Waals surface area contributed by atoms with Gasteiger partial charge in [-0.25, -0.2) is 4.39 Å². The van der Waals surface area contributed by atoms with Gasteiger partial charge in [0.05, 0.1) is 12.1 Å². The molecule has 0 aliphatic heterocycles. The molecule has 0 amide bonds. The molecular weight excluding hydrogens is 450 g/mol. The monoisotopic (exact) mass is 476 g/mol. The summed E-state index contributed by atoms with van der Waals surface area (Å²) in [6, 6.07) is 17.2. The van der Waals surface area contributed by atoms with E-state index in [0.717, 1.165) is 50.3 Å². The van der Waals surface area contributed by atoms with Crippen LogP contribution in [0.25, 0.3) is 21.2 Å². The lowest BCUT2D eigenvalue weighted by Crippen LogP contribution is -1.98. The maximum atomic E-state index is 14.0. The third-order valence-corrected chi connectivity index (χ3v) is 7.80. The maximum absolute atomic E-state index is 14.0. The molecule has 3 aromatic carbocycles. The first-order valence-corrected chi connectivity index (χ1v) is 12.4. The number of rotatable bonds is 7. The summed E-state index contributed by atoms with van der Waals surface area (Å²) in [5.74, 6) is -0.230. The van der Waals surface area contributed by atoms with E-state index >= 15 is 0 Å². The minimum atomic E-state index is -0.230. The van der Waals surface area contributed by atoms with Gasteiger partial charge in [-0.2, -0.15) is 3.89 Å². The summed E-state index contributed by atoms with van der Waals surface area (Å²) >= 11 is 1.97. The second kappa shape index (κ2) is 9.66. The zero-order valence-corrected chi connectivity index (χ0v) is 20.7. The highest BCUT2D eigenvalue weighted by atomic mass is 32.2. The molecule has 0 saturated heterocycles. The lowest BCUT2D eigenvalue weighted by atomic mass is 9.91. The van der Waals surface area contributed by atoms with Gasteiger partial charge in [-0.3, -0.25) is 0 Å². The second-order valence-corrected chi connectivity index (χ2v) is 10.0. The lowest BCUT2D eigenvalue weighted by Gasteiger charge is -2.14. The van der Waals surface area contributed by atoms with Crippen molar-refractivity contribution in [3.05, 3.63) is 112 Å². The van der Waals surface area contributed by atoms with Crippen LogP contribution in [-0.2, 0) is 6.42 Å². The van der Waals surface area contributed by atoms with E-state index in [4.69, 9.17) is 0 Å². The number of hydrogen-bond acceptors (Lipinski definition) is 2. The van der Waals surface area contributed by atoms with Crippen molar-refractivity contribution in [2.75, 3.05) is 0 Å². The Bertz CT molecular complexity index is 1340. The van der Waals surface area contributed by atoms with E-state index in [1.165, 1.54) is 15.6 Å². The molecule has 0 spiro atoms. The predicted octanol–water partition coefficient (Wildman–Crippen LogP) is 9.71. The van der Waals surface area contributed by atoms with Gasteiger partial charge in [-0.15, -0.1) is 11.3 Å². The molecule has 0 atom stereocenters. The molecule has 4 heteroatoms. The van der Waals surface area contributed by atoms with Crippen LogP contribution in [0.1, 0.15) is 51.6 Å². The molecule has 0 unspecified atom stereocenters. The summed E-state index contributed by atoms with van der Waals surface area (Å²) in [6.07, 6.45) is 1.61. The molecule has 0 aliphatic carbocycles. The summed E-state index contributed by atoms with van der Waals surface area (Å²) < 4.78 is 28.1. The van der Waals surface area contributed by atoms with Crippen molar-refractivity contribution < 1.29 is 8.28 Å². The molecule has 33 heavy (non-hydrogen) atoms. The van der Waals surface area contributed by atoms with Gasteiger partial charge in [0.25, 0.3) is 0 Å². The van der Waals surface area contributed by atoms with Crippen molar-refractivity contribution in [1.29, 1.82) is 0 Å². The quantitative estimate of drug-likeness (QED) is 0.256. The standard InChI is InChI=1S/C29H26F2S2/c1-6-17(2)22-9-12-25-26(15-21-7-10-24(33-31)11-8-21)29(32-27(25)16-22)20(5)28-18(3)13-23(30)14-19(28)4/h7-14,16H,2,5-6,15H2,1,3-4H3. The van der Waals surface area contributed by atoms with Gasteiger partial charge in [-0.1, -0.05) is 44.3 Å². The number of aryl methyl sites for hydroxylation is 2. The Morgan fingerprint density at radius 1 is 0.970 bits per heavy atom. The third-order valence-electron chi connectivity index (χ3n) is 6.09. The van der Waals surface area contributed by atoms with Crippen molar-refractivity contribution in [3.63, 3.8) is 0 Å². The zero-order valence-electron chi connectivity index (χ0n) is 19.1. The van der Waals surface area contributed by atoms with E-state index in [-0.39, 0.29) is 18.0 Å². The molecular formula is C29H26F2S2. The van der Waals surface area contributed by atoms with E-state index in [1.807, 2.05) is 26.0 Å². The molecule has 168 valence electrons. The van der Waals surface area contributed by atoms with Crippen molar-refractivity contribution in [2.24, 2.45) is 0 Å². The molecule has 0 saturated carbocycles. The minimum Gasteiger partial charge on any atom is -0.207 e. The van der Waals surface area contributed by atoms with E-state index in [2.05, 4.69) is 38.3 Å². The second-order valence-electron chi connectivity index (χ2n) is 8.37. The van der Waals surface area contributed by atoms with E-state index in [0.29, 0.717) is 11.3 Å². The molecule has 0 fully saturated rings. The first kappa shape index (κ1) is 23.5. The van der Waals surface area contributed by atoms with Crippen LogP contribution in [-0.4, -0.2) is 0 Å². The summed E-state index contributed by atoms with van der Waals surface area (Å²) in [6.45, 7) is 14.6. The number of fused-ring (bicyclic) bond motifs is 1. The average Bonchev–Trinajstić information content (AvgIpc) is 3.15. The van der Waals surface area contributed by atoms with Crippen molar-refractivity contribution >= 4 is 44.7 Å². The predicted molar refractivity (Wildman–Crippen MR) is 141 cm³/mol. The fourth-order valence-corrected chi connectivity index (χ4v) is 5.83. The highest BCUT2D eigenvalue weighted by Crippen LogP contribution is 2.41. The van der Waals surface area contributed by atoms with Gasteiger partial charge in [0, 0.05) is 14.5 Å². The lowest BCUT2D eigenvalue weighted by molar-refractivity contribution is 0.625. The first-order chi connectivity index (χ1) is 15.8. The van der Waals surface area contributed by atoms with Gasteiger partial charge in [0.1, 0.15) is 5.82 Å². The van der Waals surface area contributed by atoms with Crippen LogP contribution in [0.4, 0.5) is 8.28 Å². The normalized spacial score (nSPS) is 11.2. The molecule has 0 N–H and O–H groups in total. The third kappa shape index (κ3) is 4.68. The summed E-state index contributed by atoms with van der Waals surface area (Å²) in [5, 5.41) is 1.19. The van der Waals surface area contributed by atoms with Gasteiger partial charge in [0.15, 0.2) is 0 Å². The first-order valence-electron chi connectivity index (χ1n) is 10.9. The fourth-order valence-electron chi connectivity index (χ4n) is 4.36. The zero-order chi connectivity index (χ0) is 23.7. The number of benzene rings is 3. The molecule has 4 aromatic rings. The molecule has 1 heterocycles. The molecule has 0 radical (unpaired) electrons. The maximum Gasteiger partial charge on any atom is 0.123 e. The molecule has 0 bridgehead atoms. The summed E-state index contributed by atoms with van der Waals surface area (Å²) in [5.41, 5.74) is 8.22. The van der Waals surface area contributed by atoms with E-state index < -0.39 is 0 Å². The van der Waals surface area contributed by atoms with Crippen molar-refractivity contribution in [1.82, 2.24) is 0 Å². The summed E-state index contributed by atoms with van der Waals surface area (Å²) in [4.78, 5) is 1.70. The van der Waals surface area contributed by atoms with Crippen LogP contribution in [0, 0.1) is 19.7 Å². The Kier molecular flexibility index (Phi) is 6.87. The fraction of sp³-hybridized carbons (Fsp3) is 0.172. The molecule has 4 rings (SSSR count). The molecule has 0 aliphatic rings. The van der Waals surface area contributed by atoms with E-state index in [9.17, 15) is 8.28 Å². The topological polar surface area (TPSA) is 0 Å². The Morgan fingerprint density at radius 3 is 2.24 bits per heavy atom. The highest BCUT2D eigenvalue weighted by Gasteiger charge is 2.19. The number of allylic oxidation sites excluding steroid dienone is 1. The van der Waals surface area contributed by atoms with Crippen LogP contribution in [0.2, 0.25) is 0 Å². The van der Waals surface area contributed by atoms with Crippen LogP contribution >= 0.6 is 23.5 Å². The smallest absolute Gasteiger partial charge is 0.123 e.